The molecule has 6 nitrogen and oxygen atoms in total. The third-order valence-corrected chi connectivity index (χ3v) is 2.96. The van der Waals surface area contributed by atoms with Crippen LogP contribution in [-0.4, -0.2) is 24.8 Å². The van der Waals surface area contributed by atoms with Crippen LogP contribution in [0, 0.1) is 11.6 Å². The topological polar surface area (TPSA) is 77.8 Å². The predicted octanol–water partition coefficient (Wildman–Crippen LogP) is 3.52. The molecule has 1 heterocycles. The molecule has 0 atom stereocenters. The molecule has 0 unspecified atom stereocenters. The first-order valence-electron chi connectivity index (χ1n) is 7.08. The highest BCUT2D eigenvalue weighted by molar-refractivity contribution is 6.02. The van der Waals surface area contributed by atoms with E-state index in [0.717, 1.165) is 7.11 Å². The van der Waals surface area contributed by atoms with E-state index in [2.05, 4.69) is 10.1 Å². The summed E-state index contributed by atoms with van der Waals surface area (Å²) in [5, 5.41) is 2.21. The van der Waals surface area contributed by atoms with Gasteiger partial charge in [-0.05, 0) is 32.9 Å². The lowest BCUT2D eigenvalue weighted by molar-refractivity contribution is 0.0518. The maximum absolute atomic E-state index is 13.9. The van der Waals surface area contributed by atoms with E-state index in [0.29, 0.717) is 6.07 Å². The lowest BCUT2D eigenvalue weighted by Crippen LogP contribution is -2.32. The van der Waals surface area contributed by atoms with E-state index in [9.17, 15) is 18.4 Å². The highest BCUT2D eigenvalue weighted by atomic mass is 19.2. The van der Waals surface area contributed by atoms with Gasteiger partial charge in [-0.1, -0.05) is 0 Å². The van der Waals surface area contributed by atoms with Crippen molar-refractivity contribution in [2.75, 3.05) is 7.11 Å². The smallest absolute Gasteiger partial charge is 0.408 e. The Morgan fingerprint density at radius 2 is 1.92 bits per heavy atom. The summed E-state index contributed by atoms with van der Waals surface area (Å²) in [5.74, 6) is -3.08. The van der Waals surface area contributed by atoms with Crippen LogP contribution in [0.3, 0.4) is 0 Å². The van der Waals surface area contributed by atoms with Crippen LogP contribution in [0.1, 0.15) is 36.9 Å². The molecule has 0 saturated carbocycles. The molecule has 1 aromatic heterocycles. The number of carbonyl (C=O) groups is 2. The normalized spacial score (nSPS) is 11.4. The number of benzene rings is 1. The van der Waals surface area contributed by atoms with Gasteiger partial charge < -0.3 is 19.2 Å². The number of rotatable bonds is 3. The van der Waals surface area contributed by atoms with Crippen LogP contribution in [0.4, 0.5) is 13.6 Å². The standard InChI is InChI=1S/C16H17F2NO5/c1-16(2,3)24-15(21)19-7-8-5-9-12(18)11(17)6-10(13(9)23-8)14(20)22-4/h5-6H,7H2,1-4H3,(H,19,21). The molecule has 0 bridgehead atoms. The molecule has 0 aliphatic heterocycles. The van der Waals surface area contributed by atoms with Gasteiger partial charge in [0.1, 0.15) is 16.9 Å². The number of halogens is 2. The number of esters is 1. The third-order valence-electron chi connectivity index (χ3n) is 2.96. The second-order valence-electron chi connectivity index (χ2n) is 6.02. The van der Waals surface area contributed by atoms with Gasteiger partial charge in [-0.25, -0.2) is 18.4 Å². The average Bonchev–Trinajstić information content (AvgIpc) is 2.91. The Balaban J connectivity index is 2.29. The quantitative estimate of drug-likeness (QED) is 0.864. The van der Waals surface area contributed by atoms with E-state index in [-0.39, 0.29) is 28.8 Å². The fourth-order valence-corrected chi connectivity index (χ4v) is 2.01. The van der Waals surface area contributed by atoms with Crippen molar-refractivity contribution < 1.29 is 32.3 Å². The second kappa shape index (κ2) is 6.46. The minimum Gasteiger partial charge on any atom is -0.465 e. The maximum atomic E-state index is 13.9. The number of alkyl carbamates (subject to hydrolysis) is 1. The highest BCUT2D eigenvalue weighted by Crippen LogP contribution is 2.28. The van der Waals surface area contributed by atoms with E-state index in [1.165, 1.54) is 6.07 Å². The zero-order valence-corrected chi connectivity index (χ0v) is 13.7. The van der Waals surface area contributed by atoms with Gasteiger partial charge in [-0.15, -0.1) is 0 Å². The number of amides is 1. The summed E-state index contributed by atoms with van der Waals surface area (Å²) in [6.45, 7) is 4.99. The molecule has 130 valence electrons. The summed E-state index contributed by atoms with van der Waals surface area (Å²) < 4.78 is 42.4. The zero-order valence-electron chi connectivity index (χ0n) is 13.7. The Morgan fingerprint density at radius 1 is 1.25 bits per heavy atom. The Kier molecular flexibility index (Phi) is 4.77. The van der Waals surface area contributed by atoms with Crippen LogP contribution < -0.4 is 5.32 Å². The first kappa shape index (κ1) is 17.7. The van der Waals surface area contributed by atoms with Crippen LogP contribution in [0.2, 0.25) is 0 Å². The van der Waals surface area contributed by atoms with E-state index in [1.807, 2.05) is 0 Å². The number of nitrogens with one attached hydrogen (secondary N) is 1. The molecule has 2 rings (SSSR count). The monoisotopic (exact) mass is 341 g/mol. The maximum Gasteiger partial charge on any atom is 0.408 e. The molecule has 2 aromatic rings. The van der Waals surface area contributed by atoms with Gasteiger partial charge in [-0.2, -0.15) is 0 Å². The van der Waals surface area contributed by atoms with Crippen molar-refractivity contribution in [3.63, 3.8) is 0 Å². The van der Waals surface area contributed by atoms with E-state index >= 15 is 0 Å². The zero-order chi connectivity index (χ0) is 18.1. The van der Waals surface area contributed by atoms with Gasteiger partial charge in [0.15, 0.2) is 17.2 Å². The summed E-state index contributed by atoms with van der Waals surface area (Å²) >= 11 is 0. The predicted molar refractivity (Wildman–Crippen MR) is 80.5 cm³/mol. The highest BCUT2D eigenvalue weighted by Gasteiger charge is 2.22. The van der Waals surface area contributed by atoms with Gasteiger partial charge in [-0.3, -0.25) is 0 Å². The van der Waals surface area contributed by atoms with Gasteiger partial charge in [0.2, 0.25) is 0 Å². The number of ether oxygens (including phenoxy) is 2. The molecular formula is C16H17F2NO5. The van der Waals surface area contributed by atoms with Gasteiger partial charge in [0, 0.05) is 0 Å². The molecule has 0 saturated heterocycles. The molecule has 0 radical (unpaired) electrons. The summed E-state index contributed by atoms with van der Waals surface area (Å²) in [4.78, 5) is 23.3. The average molecular weight is 341 g/mol. The number of hydrogen-bond donors (Lipinski definition) is 1. The largest absolute Gasteiger partial charge is 0.465 e. The van der Waals surface area contributed by atoms with Crippen LogP contribution in [0.15, 0.2) is 16.5 Å². The van der Waals surface area contributed by atoms with Crippen molar-refractivity contribution in [3.8, 4) is 0 Å². The first-order chi connectivity index (χ1) is 11.1. The fraction of sp³-hybridized carbons (Fsp3) is 0.375. The SMILES string of the molecule is COC(=O)c1cc(F)c(F)c2cc(CNC(=O)OC(C)(C)C)oc12. The number of hydrogen-bond acceptors (Lipinski definition) is 5. The molecule has 24 heavy (non-hydrogen) atoms. The lowest BCUT2D eigenvalue weighted by Gasteiger charge is -2.19. The number of fused-ring (bicyclic) bond motifs is 1. The van der Waals surface area contributed by atoms with Gasteiger partial charge in [0.25, 0.3) is 0 Å². The van der Waals surface area contributed by atoms with Crippen molar-refractivity contribution >= 4 is 23.0 Å². The van der Waals surface area contributed by atoms with E-state index in [1.54, 1.807) is 20.8 Å². The number of methoxy groups -OCH3 is 1. The minimum absolute atomic E-state index is 0.120. The Morgan fingerprint density at radius 3 is 2.50 bits per heavy atom. The van der Waals surface area contributed by atoms with Crippen LogP contribution in [0.5, 0.6) is 0 Å². The van der Waals surface area contributed by atoms with E-state index < -0.39 is 29.3 Å². The number of carbonyl (C=O) groups excluding carboxylic acids is 2. The first-order valence-corrected chi connectivity index (χ1v) is 7.08. The van der Waals surface area contributed by atoms with Crippen molar-refractivity contribution in [1.82, 2.24) is 5.32 Å². The van der Waals surface area contributed by atoms with Crippen LogP contribution in [0.25, 0.3) is 11.0 Å². The minimum atomic E-state index is -1.20. The van der Waals surface area contributed by atoms with Gasteiger partial charge >= 0.3 is 12.1 Å². The Labute approximate surface area is 136 Å². The van der Waals surface area contributed by atoms with Crippen LogP contribution in [-0.2, 0) is 16.0 Å². The molecule has 1 amide bonds. The lowest BCUT2D eigenvalue weighted by atomic mass is 10.1. The Hall–Kier alpha value is -2.64. The second-order valence-corrected chi connectivity index (χ2v) is 6.02. The van der Waals surface area contributed by atoms with E-state index in [4.69, 9.17) is 9.15 Å². The molecule has 0 spiro atoms. The number of furan rings is 1. The van der Waals surface area contributed by atoms with Crippen LogP contribution >= 0.6 is 0 Å². The fourth-order valence-electron chi connectivity index (χ4n) is 2.01. The summed E-state index contributed by atoms with van der Waals surface area (Å²) in [5.41, 5.74) is -1.07. The Bertz CT molecular complexity index is 792. The summed E-state index contributed by atoms with van der Waals surface area (Å²) in [6, 6.07) is 1.91. The summed E-state index contributed by atoms with van der Waals surface area (Å²) in [7, 11) is 1.11. The molecule has 0 aliphatic carbocycles. The summed E-state index contributed by atoms with van der Waals surface area (Å²) in [6.07, 6.45) is -0.692. The molecule has 1 N–H and O–H groups in total. The molecular weight excluding hydrogens is 324 g/mol. The van der Waals surface area contributed by atoms with Crippen molar-refractivity contribution in [2.24, 2.45) is 0 Å². The molecule has 1 aromatic carbocycles. The molecule has 8 heteroatoms. The van der Waals surface area contributed by atoms with Crippen molar-refractivity contribution in [2.45, 2.75) is 32.9 Å². The van der Waals surface area contributed by atoms with Gasteiger partial charge in [0.05, 0.1) is 19.0 Å². The van der Waals surface area contributed by atoms with Crippen molar-refractivity contribution in [3.05, 3.63) is 35.1 Å². The molecule has 0 aliphatic rings. The van der Waals surface area contributed by atoms with Crippen molar-refractivity contribution in [1.29, 1.82) is 0 Å². The molecule has 0 fully saturated rings. The third kappa shape index (κ3) is 3.81.